The van der Waals surface area contributed by atoms with Crippen molar-refractivity contribution in [2.75, 3.05) is 6.54 Å². The number of rotatable bonds is 5. The number of benzene rings is 2. The second-order valence-corrected chi connectivity index (χ2v) is 5.46. The molecule has 0 aliphatic rings. The molecule has 0 radical (unpaired) electrons. The van der Waals surface area contributed by atoms with Crippen LogP contribution in [0, 0.1) is 18.6 Å². The van der Waals surface area contributed by atoms with Crippen LogP contribution in [0.3, 0.4) is 0 Å². The van der Waals surface area contributed by atoms with Gasteiger partial charge in [-0.1, -0.05) is 30.7 Å². The third-order valence-corrected chi connectivity index (χ3v) is 3.74. The maximum Gasteiger partial charge on any atom is 0.124 e. The topological polar surface area (TPSA) is 12.0 Å². The molecule has 2 rings (SSSR count). The summed E-state index contributed by atoms with van der Waals surface area (Å²) in [4.78, 5) is 0. The van der Waals surface area contributed by atoms with E-state index in [1.807, 2.05) is 6.92 Å². The van der Waals surface area contributed by atoms with Gasteiger partial charge in [0.25, 0.3) is 0 Å². The Hall–Kier alpha value is -1.45. The molecule has 0 saturated heterocycles. The zero-order valence-corrected chi connectivity index (χ0v) is 12.8. The van der Waals surface area contributed by atoms with Gasteiger partial charge < -0.3 is 5.32 Å². The second-order valence-electron chi connectivity index (χ2n) is 5.05. The predicted molar refractivity (Wildman–Crippen MR) is 82.7 cm³/mol. The van der Waals surface area contributed by atoms with Gasteiger partial charge in [-0.25, -0.2) is 8.78 Å². The fourth-order valence-electron chi connectivity index (χ4n) is 2.37. The minimum absolute atomic E-state index is 0.182. The van der Waals surface area contributed by atoms with Crippen LogP contribution in [-0.2, 0) is 0 Å². The molecule has 1 unspecified atom stereocenters. The minimum atomic E-state index is -0.367. The van der Waals surface area contributed by atoms with E-state index < -0.39 is 0 Å². The van der Waals surface area contributed by atoms with Crippen molar-refractivity contribution in [2.24, 2.45) is 0 Å². The molecule has 0 saturated carbocycles. The molecule has 2 aromatic carbocycles. The molecular weight excluding hydrogens is 292 g/mol. The van der Waals surface area contributed by atoms with Gasteiger partial charge in [-0.15, -0.1) is 0 Å². The van der Waals surface area contributed by atoms with Gasteiger partial charge in [0.15, 0.2) is 0 Å². The molecule has 0 amide bonds. The average Bonchev–Trinajstić information content (AvgIpc) is 2.42. The Bertz CT molecular complexity index is 577. The standard InChI is InChI=1S/C17H18ClF2N/c1-3-8-21-17(14-6-4-12(19)9-11(14)2)15-7-5-13(20)10-16(15)18/h4-7,9-10,17,21H,3,8H2,1-2H3. The van der Waals surface area contributed by atoms with Crippen molar-refractivity contribution in [1.82, 2.24) is 5.32 Å². The van der Waals surface area contributed by atoms with E-state index in [2.05, 4.69) is 12.2 Å². The van der Waals surface area contributed by atoms with Gasteiger partial charge in [0.05, 0.1) is 6.04 Å². The maximum atomic E-state index is 13.3. The van der Waals surface area contributed by atoms with E-state index in [1.54, 1.807) is 12.1 Å². The van der Waals surface area contributed by atoms with Crippen LogP contribution in [0.2, 0.25) is 5.02 Å². The molecule has 0 spiro atoms. The summed E-state index contributed by atoms with van der Waals surface area (Å²) in [5.41, 5.74) is 2.57. The summed E-state index contributed by atoms with van der Waals surface area (Å²) in [6.07, 6.45) is 0.954. The average molecular weight is 310 g/mol. The summed E-state index contributed by atoms with van der Waals surface area (Å²) in [6.45, 7) is 4.71. The lowest BCUT2D eigenvalue weighted by Gasteiger charge is -2.22. The lowest BCUT2D eigenvalue weighted by atomic mass is 9.94. The summed E-state index contributed by atoms with van der Waals surface area (Å²) in [5, 5.41) is 3.76. The van der Waals surface area contributed by atoms with E-state index in [1.165, 1.54) is 24.3 Å². The normalized spacial score (nSPS) is 12.4. The molecule has 0 aliphatic heterocycles. The highest BCUT2D eigenvalue weighted by molar-refractivity contribution is 6.31. The van der Waals surface area contributed by atoms with Crippen molar-refractivity contribution in [1.29, 1.82) is 0 Å². The summed E-state index contributed by atoms with van der Waals surface area (Å²) in [6, 6.07) is 8.86. The highest BCUT2D eigenvalue weighted by Gasteiger charge is 2.18. The smallest absolute Gasteiger partial charge is 0.124 e. The SMILES string of the molecule is CCCNC(c1ccc(F)cc1C)c1ccc(F)cc1Cl. The minimum Gasteiger partial charge on any atom is -0.306 e. The highest BCUT2D eigenvalue weighted by Crippen LogP contribution is 2.31. The van der Waals surface area contributed by atoms with E-state index in [9.17, 15) is 8.78 Å². The first-order valence-corrected chi connectivity index (χ1v) is 7.35. The van der Waals surface area contributed by atoms with Crippen molar-refractivity contribution in [3.63, 3.8) is 0 Å². The molecule has 0 aliphatic carbocycles. The lowest BCUT2D eigenvalue weighted by Crippen LogP contribution is -2.24. The number of nitrogens with one attached hydrogen (secondary N) is 1. The molecular formula is C17H18ClF2N. The van der Waals surface area contributed by atoms with Crippen molar-refractivity contribution >= 4 is 11.6 Å². The van der Waals surface area contributed by atoms with Crippen molar-refractivity contribution in [2.45, 2.75) is 26.3 Å². The molecule has 112 valence electrons. The summed E-state index contributed by atoms with van der Waals surface area (Å²) < 4.78 is 26.5. The fraction of sp³-hybridized carbons (Fsp3) is 0.294. The van der Waals surface area contributed by atoms with E-state index in [0.29, 0.717) is 5.02 Å². The van der Waals surface area contributed by atoms with Gasteiger partial charge in [0.1, 0.15) is 11.6 Å². The van der Waals surface area contributed by atoms with Crippen molar-refractivity contribution in [3.8, 4) is 0 Å². The first kappa shape index (κ1) is 15.9. The number of hydrogen-bond donors (Lipinski definition) is 1. The quantitative estimate of drug-likeness (QED) is 0.818. The summed E-state index contributed by atoms with van der Waals surface area (Å²) in [7, 11) is 0. The Balaban J connectivity index is 2.46. The number of aryl methyl sites for hydroxylation is 1. The zero-order chi connectivity index (χ0) is 15.4. The third-order valence-electron chi connectivity index (χ3n) is 3.41. The number of halogens is 3. The predicted octanol–water partition coefficient (Wildman–Crippen LogP) is 5.02. The van der Waals surface area contributed by atoms with E-state index in [4.69, 9.17) is 11.6 Å². The van der Waals surface area contributed by atoms with Crippen LogP contribution in [0.5, 0.6) is 0 Å². The van der Waals surface area contributed by atoms with Crippen LogP contribution in [0.1, 0.15) is 36.1 Å². The molecule has 21 heavy (non-hydrogen) atoms. The Labute approximate surface area is 128 Å². The third kappa shape index (κ3) is 3.80. The van der Waals surface area contributed by atoms with E-state index in [0.717, 1.165) is 29.7 Å². The van der Waals surface area contributed by atoms with Gasteiger partial charge in [0.2, 0.25) is 0 Å². The first-order chi connectivity index (χ1) is 10.0. The van der Waals surface area contributed by atoms with Gasteiger partial charge in [0, 0.05) is 5.02 Å². The molecule has 0 heterocycles. The van der Waals surface area contributed by atoms with Crippen LogP contribution >= 0.6 is 11.6 Å². The van der Waals surface area contributed by atoms with Crippen molar-refractivity contribution < 1.29 is 8.78 Å². The largest absolute Gasteiger partial charge is 0.306 e. The molecule has 0 aromatic heterocycles. The molecule has 4 heteroatoms. The van der Waals surface area contributed by atoms with Crippen molar-refractivity contribution in [3.05, 3.63) is 69.7 Å². The van der Waals surface area contributed by atoms with Crippen LogP contribution < -0.4 is 5.32 Å². The summed E-state index contributed by atoms with van der Waals surface area (Å²) in [5.74, 6) is -0.635. The summed E-state index contributed by atoms with van der Waals surface area (Å²) >= 11 is 6.18. The molecule has 1 nitrogen and oxygen atoms in total. The van der Waals surface area contributed by atoms with Crippen LogP contribution in [0.15, 0.2) is 36.4 Å². The van der Waals surface area contributed by atoms with E-state index in [-0.39, 0.29) is 17.7 Å². The van der Waals surface area contributed by atoms with Gasteiger partial charge >= 0.3 is 0 Å². The van der Waals surface area contributed by atoms with Gasteiger partial charge in [-0.05, 0) is 60.8 Å². The first-order valence-electron chi connectivity index (χ1n) is 6.97. The van der Waals surface area contributed by atoms with Crippen LogP contribution in [-0.4, -0.2) is 6.54 Å². The molecule has 0 fully saturated rings. The Kier molecular flexibility index (Phi) is 5.32. The van der Waals surface area contributed by atoms with E-state index >= 15 is 0 Å². The molecule has 2 aromatic rings. The Morgan fingerprint density at radius 1 is 1.05 bits per heavy atom. The maximum absolute atomic E-state index is 13.3. The molecule has 1 N–H and O–H groups in total. The monoisotopic (exact) mass is 309 g/mol. The number of hydrogen-bond acceptors (Lipinski definition) is 1. The van der Waals surface area contributed by atoms with Crippen LogP contribution in [0.4, 0.5) is 8.78 Å². The second kappa shape index (κ2) is 7.01. The highest BCUT2D eigenvalue weighted by atomic mass is 35.5. The van der Waals surface area contributed by atoms with Crippen LogP contribution in [0.25, 0.3) is 0 Å². The Morgan fingerprint density at radius 3 is 2.24 bits per heavy atom. The fourth-order valence-corrected chi connectivity index (χ4v) is 2.65. The molecule has 0 bridgehead atoms. The zero-order valence-electron chi connectivity index (χ0n) is 12.1. The lowest BCUT2D eigenvalue weighted by molar-refractivity contribution is 0.586. The molecule has 1 atom stereocenters. The Morgan fingerprint density at radius 2 is 1.67 bits per heavy atom. The van der Waals surface area contributed by atoms with Gasteiger partial charge in [-0.2, -0.15) is 0 Å². The van der Waals surface area contributed by atoms with Gasteiger partial charge in [-0.3, -0.25) is 0 Å².